The van der Waals surface area contributed by atoms with E-state index in [0.29, 0.717) is 0 Å². The van der Waals surface area contributed by atoms with E-state index >= 15 is 0 Å². The Morgan fingerprint density at radius 2 is 2.00 bits per heavy atom. The maximum Gasteiger partial charge on any atom is 0.123 e. The van der Waals surface area contributed by atoms with Crippen molar-refractivity contribution in [3.8, 4) is 16.3 Å². The van der Waals surface area contributed by atoms with Crippen molar-refractivity contribution in [2.24, 2.45) is 0 Å². The highest BCUT2D eigenvalue weighted by atomic mass is 32.1. The number of nitrogens with zero attached hydrogens (tertiary/aromatic N) is 1. The number of methoxy groups -OCH3 is 1. The Kier molecular flexibility index (Phi) is 3.02. The van der Waals surface area contributed by atoms with E-state index in [1.165, 1.54) is 4.88 Å². The van der Waals surface area contributed by atoms with Crippen molar-refractivity contribution in [2.45, 2.75) is 13.3 Å². The van der Waals surface area contributed by atoms with E-state index in [4.69, 9.17) is 4.74 Å². The fourth-order valence-electron chi connectivity index (χ4n) is 1.34. The molecule has 0 unspecified atom stereocenters. The Bertz CT molecular complexity index is 433. The molecule has 78 valence electrons. The van der Waals surface area contributed by atoms with Crippen molar-refractivity contribution in [3.63, 3.8) is 0 Å². The third kappa shape index (κ3) is 2.18. The number of rotatable bonds is 3. The van der Waals surface area contributed by atoms with E-state index < -0.39 is 0 Å². The van der Waals surface area contributed by atoms with Crippen LogP contribution in [0, 0.1) is 0 Å². The van der Waals surface area contributed by atoms with Crippen molar-refractivity contribution < 1.29 is 4.74 Å². The third-order valence-corrected chi connectivity index (χ3v) is 3.43. The summed E-state index contributed by atoms with van der Waals surface area (Å²) in [5.74, 6) is 0.881. The Hall–Kier alpha value is -1.35. The molecule has 0 N–H and O–H groups in total. The van der Waals surface area contributed by atoms with Crippen LogP contribution in [0.1, 0.15) is 11.8 Å². The first-order valence-corrected chi connectivity index (χ1v) is 5.74. The fourth-order valence-corrected chi connectivity index (χ4v) is 2.20. The fraction of sp³-hybridized carbons (Fsp3) is 0.250. The molecule has 2 aromatic rings. The van der Waals surface area contributed by atoms with Gasteiger partial charge in [0.2, 0.25) is 0 Å². The van der Waals surface area contributed by atoms with Gasteiger partial charge in [0.25, 0.3) is 0 Å². The molecule has 0 saturated carbocycles. The minimum atomic E-state index is 0.881. The summed E-state index contributed by atoms with van der Waals surface area (Å²) in [7, 11) is 1.67. The summed E-state index contributed by atoms with van der Waals surface area (Å²) in [5.41, 5.74) is 1.15. The second-order valence-corrected chi connectivity index (χ2v) is 4.33. The molecule has 2 nitrogen and oxygen atoms in total. The van der Waals surface area contributed by atoms with Gasteiger partial charge in [0, 0.05) is 16.6 Å². The van der Waals surface area contributed by atoms with E-state index in [1.807, 2.05) is 30.5 Å². The van der Waals surface area contributed by atoms with Crippen LogP contribution in [0.4, 0.5) is 0 Å². The monoisotopic (exact) mass is 219 g/mol. The predicted octanol–water partition coefficient (Wildman–Crippen LogP) is 3.38. The van der Waals surface area contributed by atoms with E-state index in [9.17, 15) is 0 Å². The van der Waals surface area contributed by atoms with E-state index in [2.05, 4.69) is 11.9 Å². The van der Waals surface area contributed by atoms with Gasteiger partial charge in [-0.25, -0.2) is 4.98 Å². The Labute approximate surface area is 93.6 Å². The molecule has 0 radical (unpaired) electrons. The average molecular weight is 219 g/mol. The number of aromatic nitrogens is 1. The first-order valence-electron chi connectivity index (χ1n) is 4.92. The average Bonchev–Trinajstić information content (AvgIpc) is 2.78. The summed E-state index contributed by atoms with van der Waals surface area (Å²) in [6.07, 6.45) is 3.00. The molecule has 1 aromatic heterocycles. The summed E-state index contributed by atoms with van der Waals surface area (Å²) >= 11 is 1.75. The maximum absolute atomic E-state index is 5.11. The molecule has 0 amide bonds. The molecule has 3 heteroatoms. The highest BCUT2D eigenvalue weighted by Crippen LogP contribution is 2.26. The number of benzene rings is 1. The standard InChI is InChI=1S/C12H13NOS/c1-3-11-8-13-12(15-11)9-4-6-10(14-2)7-5-9/h4-8H,3H2,1-2H3. The number of thiazole rings is 1. The summed E-state index contributed by atoms with van der Waals surface area (Å²) < 4.78 is 5.11. The van der Waals surface area contributed by atoms with Crippen LogP contribution in [0.2, 0.25) is 0 Å². The molecule has 0 aliphatic carbocycles. The minimum Gasteiger partial charge on any atom is -0.497 e. The van der Waals surface area contributed by atoms with Crippen LogP contribution in [0.3, 0.4) is 0 Å². The number of ether oxygens (including phenoxy) is 1. The molecule has 0 spiro atoms. The lowest BCUT2D eigenvalue weighted by molar-refractivity contribution is 0.415. The van der Waals surface area contributed by atoms with Crippen molar-refractivity contribution in [1.82, 2.24) is 4.98 Å². The van der Waals surface area contributed by atoms with Gasteiger partial charge in [-0.05, 0) is 30.7 Å². The van der Waals surface area contributed by atoms with Crippen LogP contribution >= 0.6 is 11.3 Å². The second kappa shape index (κ2) is 4.45. The van der Waals surface area contributed by atoms with Gasteiger partial charge in [-0.15, -0.1) is 11.3 Å². The highest BCUT2D eigenvalue weighted by molar-refractivity contribution is 7.15. The van der Waals surface area contributed by atoms with Crippen molar-refractivity contribution in [2.75, 3.05) is 7.11 Å². The first kappa shape index (κ1) is 10.2. The van der Waals surface area contributed by atoms with E-state index in [1.54, 1.807) is 18.4 Å². The largest absolute Gasteiger partial charge is 0.497 e. The number of hydrogen-bond donors (Lipinski definition) is 0. The van der Waals surface area contributed by atoms with Crippen molar-refractivity contribution in [1.29, 1.82) is 0 Å². The van der Waals surface area contributed by atoms with Crippen LogP contribution < -0.4 is 4.74 Å². The molecular formula is C12H13NOS. The normalized spacial score (nSPS) is 10.3. The number of hydrogen-bond acceptors (Lipinski definition) is 3. The lowest BCUT2D eigenvalue weighted by atomic mass is 10.2. The van der Waals surface area contributed by atoms with Gasteiger partial charge in [-0.3, -0.25) is 0 Å². The molecule has 0 fully saturated rings. The molecular weight excluding hydrogens is 206 g/mol. The van der Waals surface area contributed by atoms with Gasteiger partial charge in [-0.2, -0.15) is 0 Å². The zero-order chi connectivity index (χ0) is 10.7. The van der Waals surface area contributed by atoms with Gasteiger partial charge < -0.3 is 4.74 Å². The second-order valence-electron chi connectivity index (χ2n) is 3.21. The quantitative estimate of drug-likeness (QED) is 0.789. The van der Waals surface area contributed by atoms with Crippen molar-refractivity contribution >= 4 is 11.3 Å². The van der Waals surface area contributed by atoms with Crippen LogP contribution in [0.15, 0.2) is 30.5 Å². The highest BCUT2D eigenvalue weighted by Gasteiger charge is 2.03. The van der Waals surface area contributed by atoms with Crippen LogP contribution in [-0.2, 0) is 6.42 Å². The van der Waals surface area contributed by atoms with Gasteiger partial charge in [0.05, 0.1) is 7.11 Å². The molecule has 1 heterocycles. The van der Waals surface area contributed by atoms with E-state index in [0.717, 1.165) is 22.7 Å². The Balaban J connectivity index is 2.28. The van der Waals surface area contributed by atoms with Crippen LogP contribution in [0.5, 0.6) is 5.75 Å². The summed E-state index contributed by atoms with van der Waals surface area (Å²) in [4.78, 5) is 5.71. The first-order chi connectivity index (χ1) is 7.33. The molecule has 1 aromatic carbocycles. The van der Waals surface area contributed by atoms with E-state index in [-0.39, 0.29) is 0 Å². The summed E-state index contributed by atoms with van der Waals surface area (Å²) in [6.45, 7) is 2.14. The zero-order valence-electron chi connectivity index (χ0n) is 8.86. The van der Waals surface area contributed by atoms with Gasteiger partial charge in [-0.1, -0.05) is 6.92 Å². The molecule has 15 heavy (non-hydrogen) atoms. The molecule has 0 atom stereocenters. The van der Waals surface area contributed by atoms with Gasteiger partial charge >= 0.3 is 0 Å². The molecule has 0 aliphatic rings. The topological polar surface area (TPSA) is 22.1 Å². The zero-order valence-corrected chi connectivity index (χ0v) is 9.67. The van der Waals surface area contributed by atoms with Crippen molar-refractivity contribution in [3.05, 3.63) is 35.3 Å². The Morgan fingerprint density at radius 1 is 1.27 bits per heavy atom. The lowest BCUT2D eigenvalue weighted by Crippen LogP contribution is -1.81. The SMILES string of the molecule is CCc1cnc(-c2ccc(OC)cc2)s1. The lowest BCUT2D eigenvalue weighted by Gasteiger charge is -1.99. The Morgan fingerprint density at radius 3 is 2.53 bits per heavy atom. The van der Waals surface area contributed by atoms with Crippen LogP contribution in [-0.4, -0.2) is 12.1 Å². The molecule has 2 rings (SSSR count). The maximum atomic E-state index is 5.11. The van der Waals surface area contributed by atoms with Crippen LogP contribution in [0.25, 0.3) is 10.6 Å². The number of aryl methyl sites for hydroxylation is 1. The summed E-state index contributed by atoms with van der Waals surface area (Å²) in [6, 6.07) is 8.00. The summed E-state index contributed by atoms with van der Waals surface area (Å²) in [5, 5.41) is 1.08. The smallest absolute Gasteiger partial charge is 0.123 e. The minimum absolute atomic E-state index is 0.881. The van der Waals surface area contributed by atoms with Gasteiger partial charge in [0.1, 0.15) is 10.8 Å². The molecule has 0 aliphatic heterocycles. The molecule has 0 bridgehead atoms. The predicted molar refractivity (Wildman–Crippen MR) is 63.5 cm³/mol. The molecule has 0 saturated heterocycles. The van der Waals surface area contributed by atoms with Gasteiger partial charge in [0.15, 0.2) is 0 Å². The third-order valence-electron chi connectivity index (χ3n) is 2.24.